The topological polar surface area (TPSA) is 26.0 Å². The average Bonchev–Trinajstić information content (AvgIpc) is 2.23. The van der Waals surface area contributed by atoms with Crippen LogP contribution in [0.1, 0.15) is 0 Å². The Bertz CT molecular complexity index is 538. The molecule has 0 fully saturated rings. The highest BCUT2D eigenvalue weighted by Gasteiger charge is 2.09. The third-order valence-corrected chi connectivity index (χ3v) is 3.37. The molecule has 0 amide bonds. The first-order valence-electron chi connectivity index (χ1n) is 4.59. The first-order valence-corrected chi connectivity index (χ1v) is 5.72. The van der Waals surface area contributed by atoms with Crippen LogP contribution in [0.4, 0.5) is 5.69 Å². The molecule has 82 valence electrons. The lowest BCUT2D eigenvalue weighted by Gasteiger charge is -2.08. The van der Waals surface area contributed by atoms with Crippen LogP contribution in [0.25, 0.3) is 11.1 Å². The quantitative estimate of drug-likeness (QED) is 0.734. The molecule has 0 radical (unpaired) electrons. The number of hydrogen-bond donors (Lipinski definition) is 1. The summed E-state index contributed by atoms with van der Waals surface area (Å²) in [4.78, 5) is 0. The molecule has 2 aromatic carbocycles. The molecule has 2 aromatic rings. The summed E-state index contributed by atoms with van der Waals surface area (Å²) in [7, 11) is 0. The molecule has 0 saturated heterocycles. The summed E-state index contributed by atoms with van der Waals surface area (Å²) in [5, 5.41) is 1.56. The van der Waals surface area contributed by atoms with Crippen molar-refractivity contribution in [2.75, 3.05) is 5.73 Å². The molecule has 0 saturated carbocycles. The Kier molecular flexibility index (Phi) is 3.29. The zero-order valence-corrected chi connectivity index (χ0v) is 10.4. The van der Waals surface area contributed by atoms with Crippen LogP contribution in [0.2, 0.25) is 15.1 Å². The first kappa shape index (κ1) is 11.6. The maximum Gasteiger partial charge on any atom is 0.0671 e. The predicted molar refractivity (Wildman–Crippen MR) is 71.3 cm³/mol. The van der Waals surface area contributed by atoms with E-state index in [1.807, 2.05) is 18.2 Å². The van der Waals surface area contributed by atoms with Crippen molar-refractivity contribution in [3.63, 3.8) is 0 Å². The number of benzene rings is 2. The molecular formula is C12H8Cl3N. The summed E-state index contributed by atoms with van der Waals surface area (Å²) in [6, 6.07) is 10.7. The molecule has 4 heteroatoms. The molecule has 0 aliphatic rings. The summed E-state index contributed by atoms with van der Waals surface area (Å²) < 4.78 is 0. The van der Waals surface area contributed by atoms with Gasteiger partial charge in [0.1, 0.15) is 0 Å². The van der Waals surface area contributed by atoms with Crippen LogP contribution in [-0.2, 0) is 0 Å². The molecule has 0 heterocycles. The Labute approximate surface area is 109 Å². The number of rotatable bonds is 1. The highest BCUT2D eigenvalue weighted by molar-refractivity contribution is 6.44. The monoisotopic (exact) mass is 271 g/mol. The van der Waals surface area contributed by atoms with Crippen LogP contribution in [0.5, 0.6) is 0 Å². The van der Waals surface area contributed by atoms with Crippen molar-refractivity contribution in [2.24, 2.45) is 0 Å². The van der Waals surface area contributed by atoms with Gasteiger partial charge >= 0.3 is 0 Å². The van der Waals surface area contributed by atoms with Crippen molar-refractivity contribution < 1.29 is 0 Å². The Balaban J connectivity index is 2.63. The molecule has 2 N–H and O–H groups in total. The van der Waals surface area contributed by atoms with Crippen LogP contribution >= 0.6 is 34.8 Å². The van der Waals surface area contributed by atoms with Crippen LogP contribution in [0, 0.1) is 0 Å². The molecule has 0 bridgehead atoms. The smallest absolute Gasteiger partial charge is 0.0671 e. The van der Waals surface area contributed by atoms with Gasteiger partial charge in [0.15, 0.2) is 0 Å². The van der Waals surface area contributed by atoms with Crippen molar-refractivity contribution in [1.29, 1.82) is 0 Å². The van der Waals surface area contributed by atoms with E-state index in [0.717, 1.165) is 11.1 Å². The van der Waals surface area contributed by atoms with E-state index < -0.39 is 0 Å². The average molecular weight is 273 g/mol. The second-order valence-corrected chi connectivity index (χ2v) is 4.53. The van der Waals surface area contributed by atoms with Gasteiger partial charge < -0.3 is 5.73 Å². The molecule has 1 nitrogen and oxygen atoms in total. The largest absolute Gasteiger partial charge is 0.399 e. The maximum absolute atomic E-state index is 6.12. The van der Waals surface area contributed by atoms with Crippen LogP contribution in [0.3, 0.4) is 0 Å². The number of nitrogen functional groups attached to an aromatic ring is 1. The van der Waals surface area contributed by atoms with Gasteiger partial charge in [0.2, 0.25) is 0 Å². The number of anilines is 1. The van der Waals surface area contributed by atoms with E-state index in [-0.39, 0.29) is 0 Å². The van der Waals surface area contributed by atoms with E-state index in [4.69, 9.17) is 40.5 Å². The molecule has 0 atom stereocenters. The Morgan fingerprint density at radius 1 is 0.812 bits per heavy atom. The van der Waals surface area contributed by atoms with Crippen molar-refractivity contribution in [3.05, 3.63) is 51.5 Å². The van der Waals surface area contributed by atoms with Gasteiger partial charge in [-0.1, -0.05) is 53.0 Å². The molecule has 16 heavy (non-hydrogen) atoms. The fourth-order valence-electron chi connectivity index (χ4n) is 1.46. The van der Waals surface area contributed by atoms with E-state index in [0.29, 0.717) is 20.8 Å². The lowest BCUT2D eigenvalue weighted by atomic mass is 10.1. The Morgan fingerprint density at radius 2 is 1.56 bits per heavy atom. The summed E-state index contributed by atoms with van der Waals surface area (Å²) in [5.41, 5.74) is 7.87. The van der Waals surface area contributed by atoms with Gasteiger partial charge in [-0.2, -0.15) is 0 Å². The van der Waals surface area contributed by atoms with Gasteiger partial charge in [-0.3, -0.25) is 0 Å². The zero-order valence-electron chi connectivity index (χ0n) is 8.18. The normalized spacial score (nSPS) is 10.4. The minimum absolute atomic E-state index is 0.496. The number of nitrogens with two attached hydrogens (primary N) is 1. The molecule has 2 rings (SSSR count). The van der Waals surface area contributed by atoms with Crippen molar-refractivity contribution in [1.82, 2.24) is 0 Å². The summed E-state index contributed by atoms with van der Waals surface area (Å²) in [6.07, 6.45) is 0. The third-order valence-electron chi connectivity index (χ3n) is 2.23. The first-order chi connectivity index (χ1) is 7.59. The SMILES string of the molecule is Nc1ccc(-c2cccc(Cl)c2Cl)c(Cl)c1. The van der Waals surface area contributed by atoms with Gasteiger partial charge in [0.05, 0.1) is 15.1 Å². The molecule has 0 unspecified atom stereocenters. The summed E-state index contributed by atoms with van der Waals surface area (Å²) >= 11 is 18.2. The molecular weight excluding hydrogens is 264 g/mol. The third kappa shape index (κ3) is 2.12. The summed E-state index contributed by atoms with van der Waals surface area (Å²) in [5.74, 6) is 0. The lowest BCUT2D eigenvalue weighted by Crippen LogP contribution is -1.87. The predicted octanol–water partition coefficient (Wildman–Crippen LogP) is 4.90. The summed E-state index contributed by atoms with van der Waals surface area (Å²) in [6.45, 7) is 0. The highest BCUT2D eigenvalue weighted by atomic mass is 35.5. The van der Waals surface area contributed by atoms with Crippen LogP contribution in [-0.4, -0.2) is 0 Å². The number of halogens is 3. The molecule has 0 aliphatic heterocycles. The van der Waals surface area contributed by atoms with E-state index >= 15 is 0 Å². The lowest BCUT2D eigenvalue weighted by molar-refractivity contribution is 1.61. The molecule has 0 aliphatic carbocycles. The van der Waals surface area contributed by atoms with Crippen LogP contribution in [0.15, 0.2) is 36.4 Å². The second-order valence-electron chi connectivity index (χ2n) is 3.34. The Hall–Kier alpha value is -0.890. The fraction of sp³-hybridized carbons (Fsp3) is 0. The fourth-order valence-corrected chi connectivity index (χ4v) is 2.15. The van der Waals surface area contributed by atoms with Gasteiger partial charge in [-0.15, -0.1) is 0 Å². The molecule has 0 spiro atoms. The van der Waals surface area contributed by atoms with Crippen LogP contribution < -0.4 is 5.73 Å². The van der Waals surface area contributed by atoms with E-state index in [9.17, 15) is 0 Å². The van der Waals surface area contributed by atoms with Gasteiger partial charge in [0, 0.05) is 16.8 Å². The second kappa shape index (κ2) is 4.54. The molecule has 0 aromatic heterocycles. The number of hydrogen-bond acceptors (Lipinski definition) is 1. The van der Waals surface area contributed by atoms with Crippen molar-refractivity contribution in [2.45, 2.75) is 0 Å². The maximum atomic E-state index is 6.12. The Morgan fingerprint density at radius 3 is 2.25 bits per heavy atom. The van der Waals surface area contributed by atoms with Crippen molar-refractivity contribution >= 4 is 40.5 Å². The van der Waals surface area contributed by atoms with E-state index in [2.05, 4.69) is 0 Å². The van der Waals surface area contributed by atoms with Gasteiger partial charge in [0.25, 0.3) is 0 Å². The van der Waals surface area contributed by atoms with E-state index in [1.165, 1.54) is 0 Å². The minimum atomic E-state index is 0.496. The van der Waals surface area contributed by atoms with Crippen molar-refractivity contribution in [3.8, 4) is 11.1 Å². The van der Waals surface area contributed by atoms with Gasteiger partial charge in [-0.25, -0.2) is 0 Å². The van der Waals surface area contributed by atoms with E-state index in [1.54, 1.807) is 18.2 Å². The van der Waals surface area contributed by atoms with Gasteiger partial charge in [-0.05, 0) is 18.2 Å². The standard InChI is InChI=1S/C12H8Cl3N/c13-10-3-1-2-9(12(10)15)8-5-4-7(16)6-11(8)14/h1-6H,16H2. The minimum Gasteiger partial charge on any atom is -0.399 e. The zero-order chi connectivity index (χ0) is 11.7. The highest BCUT2D eigenvalue weighted by Crippen LogP contribution is 2.37.